The fourth-order valence-electron chi connectivity index (χ4n) is 1.61. The van der Waals surface area contributed by atoms with Crippen LogP contribution < -0.4 is 0 Å². The van der Waals surface area contributed by atoms with Crippen molar-refractivity contribution < 1.29 is 0 Å². The molecular formula is C13H12Cl3N. The number of rotatable bonds is 0. The minimum absolute atomic E-state index is 0.0799. The smallest absolute Gasteiger partial charge is 0.0921 e. The maximum Gasteiger partial charge on any atom is 0.0921 e. The summed E-state index contributed by atoms with van der Waals surface area (Å²) in [5, 5.41) is 2.45. The summed E-state index contributed by atoms with van der Waals surface area (Å²) in [6.45, 7) is 6.24. The Kier molecular flexibility index (Phi) is 3.28. The lowest BCUT2D eigenvalue weighted by molar-refractivity contribution is 0.571. The molecule has 4 heteroatoms. The van der Waals surface area contributed by atoms with Gasteiger partial charge in [-0.3, -0.25) is 4.98 Å². The largest absolute Gasteiger partial charge is 0.251 e. The fourth-order valence-corrected chi connectivity index (χ4v) is 2.40. The summed E-state index contributed by atoms with van der Waals surface area (Å²) in [6.07, 6.45) is 0. The molecule has 17 heavy (non-hydrogen) atoms. The molecule has 0 saturated carbocycles. The number of halogens is 3. The lowest BCUT2D eigenvalue weighted by atomic mass is 9.91. The maximum atomic E-state index is 6.26. The summed E-state index contributed by atoms with van der Waals surface area (Å²) in [6, 6.07) is 5.32. The fraction of sp³-hybridized carbons (Fsp3) is 0.308. The van der Waals surface area contributed by atoms with Crippen molar-refractivity contribution in [2.75, 3.05) is 0 Å². The predicted molar refractivity (Wildman–Crippen MR) is 75.5 cm³/mol. The van der Waals surface area contributed by atoms with E-state index < -0.39 is 0 Å². The Balaban J connectivity index is 2.87. The number of benzene rings is 1. The molecule has 0 aliphatic rings. The molecule has 0 bridgehead atoms. The van der Waals surface area contributed by atoms with E-state index >= 15 is 0 Å². The first-order valence-electron chi connectivity index (χ1n) is 5.25. The molecule has 1 aromatic heterocycles. The van der Waals surface area contributed by atoms with Crippen molar-refractivity contribution in [2.45, 2.75) is 26.2 Å². The first-order chi connectivity index (χ1) is 7.80. The van der Waals surface area contributed by atoms with Crippen molar-refractivity contribution in [1.29, 1.82) is 0 Å². The quantitative estimate of drug-likeness (QED) is 0.624. The Hall–Kier alpha value is -0.500. The van der Waals surface area contributed by atoms with E-state index in [0.717, 1.165) is 5.69 Å². The third-order valence-corrected chi connectivity index (χ3v) is 3.50. The Morgan fingerprint density at radius 1 is 0.941 bits per heavy atom. The summed E-state index contributed by atoms with van der Waals surface area (Å²) in [5.41, 5.74) is 1.49. The molecule has 1 heterocycles. The van der Waals surface area contributed by atoms with E-state index in [1.807, 2.05) is 6.07 Å². The van der Waals surface area contributed by atoms with Crippen LogP contribution in [0.3, 0.4) is 0 Å². The third-order valence-electron chi connectivity index (χ3n) is 2.58. The average molecular weight is 289 g/mol. The molecular weight excluding hydrogens is 277 g/mol. The molecule has 0 aliphatic heterocycles. The van der Waals surface area contributed by atoms with Crippen molar-refractivity contribution in [3.8, 4) is 0 Å². The van der Waals surface area contributed by atoms with Gasteiger partial charge in [0.15, 0.2) is 0 Å². The van der Waals surface area contributed by atoms with Crippen molar-refractivity contribution in [3.63, 3.8) is 0 Å². The average Bonchev–Trinajstić information content (AvgIpc) is 2.21. The lowest BCUT2D eigenvalue weighted by Gasteiger charge is -2.19. The van der Waals surface area contributed by atoms with Crippen LogP contribution >= 0.6 is 34.8 Å². The van der Waals surface area contributed by atoms with Gasteiger partial charge >= 0.3 is 0 Å². The maximum absolute atomic E-state index is 6.26. The van der Waals surface area contributed by atoms with E-state index in [9.17, 15) is 0 Å². The van der Waals surface area contributed by atoms with Crippen LogP contribution in [0.2, 0.25) is 15.1 Å². The summed E-state index contributed by atoms with van der Waals surface area (Å²) < 4.78 is 0. The van der Waals surface area contributed by atoms with Gasteiger partial charge in [0.2, 0.25) is 0 Å². The van der Waals surface area contributed by atoms with Crippen molar-refractivity contribution in [2.24, 2.45) is 0 Å². The Morgan fingerprint density at radius 2 is 1.53 bits per heavy atom. The molecule has 0 aliphatic carbocycles. The second-order valence-electron chi connectivity index (χ2n) is 4.99. The summed E-state index contributed by atoms with van der Waals surface area (Å²) in [4.78, 5) is 4.57. The van der Waals surface area contributed by atoms with Gasteiger partial charge in [-0.2, -0.15) is 0 Å². The molecule has 0 amide bonds. The van der Waals surface area contributed by atoms with Crippen molar-refractivity contribution >= 4 is 45.7 Å². The second-order valence-corrected chi connectivity index (χ2v) is 6.21. The highest BCUT2D eigenvalue weighted by Crippen LogP contribution is 2.36. The molecule has 1 nitrogen and oxygen atoms in total. The highest BCUT2D eigenvalue weighted by molar-refractivity contribution is 6.44. The van der Waals surface area contributed by atoms with E-state index in [2.05, 4.69) is 25.8 Å². The number of pyridine rings is 1. The summed E-state index contributed by atoms with van der Waals surface area (Å²) >= 11 is 18.5. The second kappa shape index (κ2) is 4.31. The van der Waals surface area contributed by atoms with Crippen molar-refractivity contribution in [3.05, 3.63) is 39.0 Å². The highest BCUT2D eigenvalue weighted by Gasteiger charge is 2.19. The van der Waals surface area contributed by atoms with Crippen molar-refractivity contribution in [1.82, 2.24) is 4.98 Å². The predicted octanol–water partition coefficient (Wildman–Crippen LogP) is 5.49. The van der Waals surface area contributed by atoms with Crippen LogP contribution in [0.25, 0.3) is 10.9 Å². The Labute approximate surface area is 116 Å². The molecule has 0 spiro atoms. The van der Waals surface area contributed by atoms with Crippen LogP contribution in [-0.4, -0.2) is 4.98 Å². The van der Waals surface area contributed by atoms with Gasteiger partial charge in [-0.15, -0.1) is 0 Å². The molecule has 0 radical (unpaired) electrons. The number of fused-ring (bicyclic) bond motifs is 1. The van der Waals surface area contributed by atoms with Crippen LogP contribution in [0, 0.1) is 0 Å². The number of aromatic nitrogens is 1. The molecule has 90 valence electrons. The van der Waals surface area contributed by atoms with Gasteiger partial charge in [0.25, 0.3) is 0 Å². The Morgan fingerprint density at radius 3 is 2.12 bits per heavy atom. The van der Waals surface area contributed by atoms with Crippen LogP contribution in [0.15, 0.2) is 18.2 Å². The molecule has 0 atom stereocenters. The van der Waals surface area contributed by atoms with Gasteiger partial charge in [-0.1, -0.05) is 55.6 Å². The zero-order valence-electron chi connectivity index (χ0n) is 9.81. The molecule has 2 rings (SSSR count). The van der Waals surface area contributed by atoms with Gasteiger partial charge < -0.3 is 0 Å². The number of hydrogen-bond acceptors (Lipinski definition) is 1. The molecule has 0 N–H and O–H groups in total. The zero-order valence-corrected chi connectivity index (χ0v) is 12.1. The molecule has 0 saturated heterocycles. The first kappa shape index (κ1) is 12.9. The highest BCUT2D eigenvalue weighted by atomic mass is 35.5. The van der Waals surface area contributed by atoms with Gasteiger partial charge in [-0.05, 0) is 18.2 Å². The number of hydrogen-bond donors (Lipinski definition) is 0. The minimum atomic E-state index is -0.0799. The third kappa shape index (κ3) is 2.37. The molecule has 0 fully saturated rings. The number of nitrogens with zero attached hydrogens (tertiary/aromatic N) is 1. The van der Waals surface area contributed by atoms with Gasteiger partial charge in [0.05, 0.1) is 20.6 Å². The van der Waals surface area contributed by atoms with Crippen LogP contribution in [0.1, 0.15) is 26.5 Å². The first-order valence-corrected chi connectivity index (χ1v) is 6.39. The van der Waals surface area contributed by atoms with Gasteiger partial charge in [-0.25, -0.2) is 0 Å². The van der Waals surface area contributed by atoms with Crippen LogP contribution in [0.4, 0.5) is 0 Å². The SMILES string of the molecule is CC(C)(C)c1cc(Cl)c2c(Cl)ccc(Cl)c2n1. The standard InChI is InChI=1S/C13H12Cl3N/c1-13(2,3)10-6-9(16)11-7(14)4-5-8(15)12(11)17-10/h4-6H,1-3H3. The van der Waals surface area contributed by atoms with Gasteiger partial charge in [0, 0.05) is 16.5 Å². The van der Waals surface area contributed by atoms with E-state index in [4.69, 9.17) is 34.8 Å². The lowest BCUT2D eigenvalue weighted by Crippen LogP contribution is -2.13. The van der Waals surface area contributed by atoms with E-state index in [0.29, 0.717) is 26.0 Å². The van der Waals surface area contributed by atoms with Gasteiger partial charge in [0.1, 0.15) is 0 Å². The van der Waals surface area contributed by atoms with Crippen LogP contribution in [0.5, 0.6) is 0 Å². The summed E-state index contributed by atoms with van der Waals surface area (Å²) in [5.74, 6) is 0. The van der Waals surface area contributed by atoms with E-state index in [1.54, 1.807) is 12.1 Å². The van der Waals surface area contributed by atoms with E-state index in [1.165, 1.54) is 0 Å². The summed E-state index contributed by atoms with van der Waals surface area (Å²) in [7, 11) is 0. The monoisotopic (exact) mass is 287 g/mol. The minimum Gasteiger partial charge on any atom is -0.251 e. The zero-order chi connectivity index (χ0) is 12.8. The molecule has 0 unspecified atom stereocenters. The molecule has 2 aromatic rings. The molecule has 1 aromatic carbocycles. The van der Waals surface area contributed by atoms with Crippen LogP contribution in [-0.2, 0) is 5.41 Å². The topological polar surface area (TPSA) is 12.9 Å². The van der Waals surface area contributed by atoms with E-state index in [-0.39, 0.29) is 5.41 Å². The normalized spacial score (nSPS) is 12.1. The Bertz CT molecular complexity index is 585.